The summed E-state index contributed by atoms with van der Waals surface area (Å²) in [5.74, 6) is 0.437. The van der Waals surface area contributed by atoms with Gasteiger partial charge in [-0.15, -0.1) is 0 Å². The van der Waals surface area contributed by atoms with Crippen LogP contribution >= 0.6 is 11.8 Å². The van der Waals surface area contributed by atoms with Gasteiger partial charge in [0.15, 0.2) is 5.16 Å². The summed E-state index contributed by atoms with van der Waals surface area (Å²) in [7, 11) is 0. The standard InChI is InChI=1S/C18H25N3O2S/c1-2-3-10-21-16-9-5-4-8-15(16)20-18(21)24-13-17(22)19-12-14-7-6-11-23-14/h4-5,8-9,14H,2-3,6-7,10-13H2,1H3,(H,19,22). The molecule has 6 heteroatoms. The van der Waals surface area contributed by atoms with Crippen molar-refractivity contribution in [3.8, 4) is 0 Å². The molecule has 0 bridgehead atoms. The number of fused-ring (bicyclic) bond motifs is 1. The van der Waals surface area contributed by atoms with Gasteiger partial charge in [-0.3, -0.25) is 4.79 Å². The van der Waals surface area contributed by atoms with Crippen LogP contribution in [0.25, 0.3) is 11.0 Å². The summed E-state index contributed by atoms with van der Waals surface area (Å²) >= 11 is 1.51. The van der Waals surface area contributed by atoms with Gasteiger partial charge in [-0.1, -0.05) is 37.2 Å². The van der Waals surface area contributed by atoms with Gasteiger partial charge in [0.2, 0.25) is 5.91 Å². The molecule has 0 radical (unpaired) electrons. The number of carbonyl (C=O) groups is 1. The summed E-state index contributed by atoms with van der Waals surface area (Å²) in [4.78, 5) is 16.8. The number of nitrogens with zero attached hydrogens (tertiary/aromatic N) is 2. The van der Waals surface area contributed by atoms with Crippen LogP contribution in [-0.2, 0) is 16.1 Å². The molecule has 1 aliphatic heterocycles. The Morgan fingerprint density at radius 2 is 2.33 bits per heavy atom. The molecule has 0 aliphatic carbocycles. The van der Waals surface area contributed by atoms with Gasteiger partial charge in [-0.2, -0.15) is 0 Å². The van der Waals surface area contributed by atoms with Crippen molar-refractivity contribution in [3.63, 3.8) is 0 Å². The Morgan fingerprint density at radius 3 is 3.12 bits per heavy atom. The number of rotatable bonds is 8. The minimum atomic E-state index is 0.0459. The molecular formula is C18H25N3O2S. The first-order chi connectivity index (χ1) is 11.8. The van der Waals surface area contributed by atoms with Crippen LogP contribution in [-0.4, -0.2) is 40.5 Å². The first kappa shape index (κ1) is 17.3. The van der Waals surface area contributed by atoms with Crippen LogP contribution < -0.4 is 5.32 Å². The molecular weight excluding hydrogens is 322 g/mol. The third-order valence-electron chi connectivity index (χ3n) is 4.24. The Kier molecular flexibility index (Phi) is 6.15. The quantitative estimate of drug-likeness (QED) is 0.745. The fourth-order valence-corrected chi connectivity index (χ4v) is 3.78. The molecule has 1 aromatic heterocycles. The fraction of sp³-hybridized carbons (Fsp3) is 0.556. The molecule has 2 heterocycles. The Bertz CT molecular complexity index is 680. The van der Waals surface area contributed by atoms with Crippen LogP contribution in [0.4, 0.5) is 0 Å². The summed E-state index contributed by atoms with van der Waals surface area (Å²) in [6.07, 6.45) is 4.57. The lowest BCUT2D eigenvalue weighted by atomic mass is 10.2. The van der Waals surface area contributed by atoms with Gasteiger partial charge >= 0.3 is 0 Å². The largest absolute Gasteiger partial charge is 0.376 e. The molecule has 1 amide bonds. The molecule has 0 saturated carbocycles. The van der Waals surface area contributed by atoms with Crippen molar-refractivity contribution in [2.75, 3.05) is 18.9 Å². The molecule has 3 rings (SSSR count). The number of hydrogen-bond acceptors (Lipinski definition) is 4. The van der Waals surface area contributed by atoms with Gasteiger partial charge in [0.05, 0.1) is 22.9 Å². The number of para-hydroxylation sites is 2. The molecule has 2 aromatic rings. The number of benzene rings is 1. The van der Waals surface area contributed by atoms with Crippen molar-refractivity contribution in [2.45, 2.75) is 50.4 Å². The lowest BCUT2D eigenvalue weighted by molar-refractivity contribution is -0.119. The number of imidazole rings is 1. The second-order valence-corrected chi connectivity index (χ2v) is 7.06. The van der Waals surface area contributed by atoms with Crippen LogP contribution in [0.15, 0.2) is 29.4 Å². The molecule has 1 aliphatic rings. The summed E-state index contributed by atoms with van der Waals surface area (Å²) in [6, 6.07) is 8.16. The molecule has 0 spiro atoms. The second kappa shape index (κ2) is 8.53. The van der Waals surface area contributed by atoms with Crippen molar-refractivity contribution in [1.29, 1.82) is 0 Å². The van der Waals surface area contributed by atoms with E-state index in [1.807, 2.05) is 18.2 Å². The fourth-order valence-electron chi connectivity index (χ4n) is 2.91. The van der Waals surface area contributed by atoms with E-state index in [9.17, 15) is 4.79 Å². The lowest BCUT2D eigenvalue weighted by Crippen LogP contribution is -2.32. The normalized spacial score (nSPS) is 17.5. The first-order valence-corrected chi connectivity index (χ1v) is 9.73. The molecule has 130 valence electrons. The maximum atomic E-state index is 12.1. The van der Waals surface area contributed by atoms with Crippen molar-refractivity contribution < 1.29 is 9.53 Å². The van der Waals surface area contributed by atoms with E-state index in [1.165, 1.54) is 11.8 Å². The van der Waals surface area contributed by atoms with Crippen LogP contribution in [0.3, 0.4) is 0 Å². The van der Waals surface area contributed by atoms with Gasteiger partial charge in [0.25, 0.3) is 0 Å². The number of thioether (sulfide) groups is 1. The highest BCUT2D eigenvalue weighted by Crippen LogP contribution is 2.24. The average Bonchev–Trinajstić information content (AvgIpc) is 3.23. The topological polar surface area (TPSA) is 56.2 Å². The number of nitrogens with one attached hydrogen (secondary N) is 1. The van der Waals surface area contributed by atoms with Crippen molar-refractivity contribution >= 4 is 28.7 Å². The van der Waals surface area contributed by atoms with E-state index in [2.05, 4.69) is 22.9 Å². The van der Waals surface area contributed by atoms with Gasteiger partial charge in [-0.25, -0.2) is 4.98 Å². The molecule has 1 atom stereocenters. The van der Waals surface area contributed by atoms with Crippen LogP contribution in [0, 0.1) is 0 Å². The molecule has 1 saturated heterocycles. The molecule has 1 fully saturated rings. The molecule has 24 heavy (non-hydrogen) atoms. The monoisotopic (exact) mass is 347 g/mol. The predicted octanol–water partition coefficient (Wildman–Crippen LogP) is 3.22. The van der Waals surface area contributed by atoms with Gasteiger partial charge in [0.1, 0.15) is 0 Å². The zero-order chi connectivity index (χ0) is 16.8. The SMILES string of the molecule is CCCCn1c(SCC(=O)NCC2CCCO2)nc2ccccc21. The number of hydrogen-bond donors (Lipinski definition) is 1. The van der Waals surface area contributed by atoms with E-state index in [0.717, 1.165) is 55.0 Å². The van der Waals surface area contributed by atoms with Gasteiger partial charge in [0, 0.05) is 19.7 Å². The second-order valence-electron chi connectivity index (χ2n) is 6.12. The van der Waals surface area contributed by atoms with E-state index in [0.29, 0.717) is 12.3 Å². The summed E-state index contributed by atoms with van der Waals surface area (Å²) in [6.45, 7) is 4.56. The molecule has 1 unspecified atom stereocenters. The summed E-state index contributed by atoms with van der Waals surface area (Å²) in [5, 5.41) is 3.90. The zero-order valence-corrected chi connectivity index (χ0v) is 15.0. The summed E-state index contributed by atoms with van der Waals surface area (Å²) < 4.78 is 7.76. The average molecular weight is 347 g/mol. The molecule has 5 nitrogen and oxygen atoms in total. The Hall–Kier alpha value is -1.53. The molecule has 1 N–H and O–H groups in total. The van der Waals surface area contributed by atoms with E-state index in [4.69, 9.17) is 9.72 Å². The van der Waals surface area contributed by atoms with E-state index >= 15 is 0 Å². The Morgan fingerprint density at radius 1 is 1.46 bits per heavy atom. The van der Waals surface area contributed by atoms with Crippen molar-refractivity contribution in [3.05, 3.63) is 24.3 Å². The summed E-state index contributed by atoms with van der Waals surface area (Å²) in [5.41, 5.74) is 2.14. The smallest absolute Gasteiger partial charge is 0.230 e. The van der Waals surface area contributed by atoms with Crippen molar-refractivity contribution in [1.82, 2.24) is 14.9 Å². The number of carbonyl (C=O) groups excluding carboxylic acids is 1. The minimum Gasteiger partial charge on any atom is -0.376 e. The first-order valence-electron chi connectivity index (χ1n) is 8.74. The van der Waals surface area contributed by atoms with Gasteiger partial charge < -0.3 is 14.6 Å². The number of aryl methyl sites for hydroxylation is 1. The third-order valence-corrected chi connectivity index (χ3v) is 5.21. The minimum absolute atomic E-state index is 0.0459. The van der Waals surface area contributed by atoms with E-state index in [1.54, 1.807) is 0 Å². The van der Waals surface area contributed by atoms with Crippen LogP contribution in [0.2, 0.25) is 0 Å². The molecule has 1 aromatic carbocycles. The number of ether oxygens (including phenoxy) is 1. The van der Waals surface area contributed by atoms with E-state index < -0.39 is 0 Å². The lowest BCUT2D eigenvalue weighted by Gasteiger charge is -2.11. The number of aromatic nitrogens is 2. The highest BCUT2D eigenvalue weighted by Gasteiger charge is 2.17. The van der Waals surface area contributed by atoms with Crippen LogP contribution in [0.5, 0.6) is 0 Å². The van der Waals surface area contributed by atoms with Crippen LogP contribution in [0.1, 0.15) is 32.6 Å². The van der Waals surface area contributed by atoms with Gasteiger partial charge in [-0.05, 0) is 31.4 Å². The highest BCUT2D eigenvalue weighted by molar-refractivity contribution is 7.99. The zero-order valence-electron chi connectivity index (χ0n) is 14.2. The van der Waals surface area contributed by atoms with E-state index in [-0.39, 0.29) is 12.0 Å². The van der Waals surface area contributed by atoms with Crippen molar-refractivity contribution in [2.24, 2.45) is 0 Å². The number of amides is 1. The Balaban J connectivity index is 1.60. The third kappa shape index (κ3) is 4.30. The highest BCUT2D eigenvalue weighted by atomic mass is 32.2. The predicted molar refractivity (Wildman–Crippen MR) is 97.3 cm³/mol. The maximum Gasteiger partial charge on any atom is 0.230 e. The Labute approximate surface area is 147 Å². The maximum absolute atomic E-state index is 12.1. The number of unbranched alkanes of at least 4 members (excludes halogenated alkanes) is 1.